The molecule has 0 aromatic heterocycles. The molecule has 1 heterocycles. The van der Waals surface area contributed by atoms with E-state index in [1.807, 2.05) is 0 Å². The van der Waals surface area contributed by atoms with Gasteiger partial charge in [0.2, 0.25) is 5.91 Å². The zero-order valence-corrected chi connectivity index (χ0v) is 10.4. The number of hydrogen-bond donors (Lipinski definition) is 2. The number of carbonyl (C=O) groups excluding carboxylic acids is 1. The maximum Gasteiger partial charge on any atom is 0.217 e. The van der Waals surface area contributed by atoms with Gasteiger partial charge in [0.25, 0.3) is 0 Å². The van der Waals surface area contributed by atoms with Crippen molar-refractivity contribution in [2.45, 2.75) is 57.7 Å². The van der Waals surface area contributed by atoms with Crippen LogP contribution in [0, 0.1) is 0 Å². The molecule has 3 N–H and O–H groups in total. The Kier molecular flexibility index (Phi) is 5.22. The highest BCUT2D eigenvalue weighted by atomic mass is 16.5. The average molecular weight is 228 g/mol. The molecule has 1 aliphatic heterocycles. The zero-order chi connectivity index (χ0) is 12.0. The van der Waals surface area contributed by atoms with Gasteiger partial charge in [-0.3, -0.25) is 4.79 Å². The fraction of sp³-hybridized carbons (Fsp3) is 0.917. The number of carbonyl (C=O) groups is 1. The number of ether oxygens (including phenoxy) is 1. The average Bonchev–Trinajstić information content (AvgIpc) is 2.51. The molecule has 4 heteroatoms. The fourth-order valence-corrected chi connectivity index (χ4v) is 2.03. The number of hydrogen-bond acceptors (Lipinski definition) is 3. The second-order valence-electron chi connectivity index (χ2n) is 5.17. The second-order valence-corrected chi connectivity index (χ2v) is 5.17. The van der Waals surface area contributed by atoms with Crippen molar-refractivity contribution in [2.24, 2.45) is 5.73 Å². The van der Waals surface area contributed by atoms with Crippen LogP contribution in [0.3, 0.4) is 0 Å². The van der Waals surface area contributed by atoms with Crippen molar-refractivity contribution in [2.75, 3.05) is 13.1 Å². The predicted molar refractivity (Wildman–Crippen MR) is 64.1 cm³/mol. The monoisotopic (exact) mass is 228 g/mol. The van der Waals surface area contributed by atoms with Gasteiger partial charge in [-0.1, -0.05) is 0 Å². The van der Waals surface area contributed by atoms with Crippen LogP contribution in [0.1, 0.15) is 46.0 Å². The normalized spacial score (nSPS) is 23.5. The van der Waals surface area contributed by atoms with Gasteiger partial charge in [-0.25, -0.2) is 0 Å². The van der Waals surface area contributed by atoms with Crippen LogP contribution in [0.15, 0.2) is 0 Å². The number of primary amides is 1. The van der Waals surface area contributed by atoms with Gasteiger partial charge < -0.3 is 15.8 Å². The summed E-state index contributed by atoms with van der Waals surface area (Å²) in [6.07, 6.45) is 5.00. The second kappa shape index (κ2) is 6.21. The summed E-state index contributed by atoms with van der Waals surface area (Å²) in [5.41, 5.74) is 5.11. The standard InChI is InChI=1S/C12H24N2O2/c1-12(2)7-6-10(16-12)9-14-8-4-3-5-11(13)15/h10,14H,3-9H2,1-2H3,(H2,13,15). The van der Waals surface area contributed by atoms with Crippen LogP contribution in [-0.2, 0) is 9.53 Å². The van der Waals surface area contributed by atoms with Gasteiger partial charge in [-0.15, -0.1) is 0 Å². The van der Waals surface area contributed by atoms with E-state index >= 15 is 0 Å². The molecular weight excluding hydrogens is 204 g/mol. The van der Waals surface area contributed by atoms with Crippen LogP contribution in [0.25, 0.3) is 0 Å². The van der Waals surface area contributed by atoms with E-state index < -0.39 is 0 Å². The Labute approximate surface area is 97.9 Å². The van der Waals surface area contributed by atoms with Crippen molar-refractivity contribution in [3.05, 3.63) is 0 Å². The largest absolute Gasteiger partial charge is 0.371 e. The lowest BCUT2D eigenvalue weighted by Gasteiger charge is -2.19. The molecule has 1 saturated heterocycles. The molecule has 4 nitrogen and oxygen atoms in total. The van der Waals surface area contributed by atoms with Gasteiger partial charge in [0, 0.05) is 13.0 Å². The van der Waals surface area contributed by atoms with Gasteiger partial charge >= 0.3 is 0 Å². The van der Waals surface area contributed by atoms with Crippen molar-refractivity contribution < 1.29 is 9.53 Å². The molecular formula is C12H24N2O2. The van der Waals surface area contributed by atoms with Gasteiger partial charge in [-0.05, 0) is 46.1 Å². The number of rotatable bonds is 7. The van der Waals surface area contributed by atoms with Gasteiger partial charge in [0.05, 0.1) is 11.7 Å². The SMILES string of the molecule is CC1(C)CCC(CNCCCCC(N)=O)O1. The molecule has 0 radical (unpaired) electrons. The quantitative estimate of drug-likeness (QED) is 0.643. The van der Waals surface area contributed by atoms with Crippen LogP contribution >= 0.6 is 0 Å². The summed E-state index contributed by atoms with van der Waals surface area (Å²) < 4.78 is 5.86. The lowest BCUT2D eigenvalue weighted by atomic mass is 10.1. The molecule has 1 amide bonds. The van der Waals surface area contributed by atoms with E-state index in [2.05, 4.69) is 19.2 Å². The first-order valence-corrected chi connectivity index (χ1v) is 6.16. The summed E-state index contributed by atoms with van der Waals surface area (Å²) >= 11 is 0. The summed E-state index contributed by atoms with van der Waals surface area (Å²) in [5.74, 6) is -0.208. The Balaban J connectivity index is 1.94. The minimum atomic E-state index is -0.208. The summed E-state index contributed by atoms with van der Waals surface area (Å²) in [6.45, 7) is 6.13. The van der Waals surface area contributed by atoms with Crippen molar-refractivity contribution >= 4 is 5.91 Å². The molecule has 1 atom stereocenters. The fourth-order valence-electron chi connectivity index (χ4n) is 2.03. The third-order valence-corrected chi connectivity index (χ3v) is 2.95. The Bertz CT molecular complexity index is 229. The summed E-state index contributed by atoms with van der Waals surface area (Å²) in [6, 6.07) is 0. The smallest absolute Gasteiger partial charge is 0.217 e. The van der Waals surface area contributed by atoms with Crippen LogP contribution < -0.4 is 11.1 Å². The van der Waals surface area contributed by atoms with Crippen LogP contribution in [0.4, 0.5) is 0 Å². The zero-order valence-electron chi connectivity index (χ0n) is 10.4. The lowest BCUT2D eigenvalue weighted by molar-refractivity contribution is -0.118. The minimum Gasteiger partial charge on any atom is -0.371 e. The van der Waals surface area contributed by atoms with Crippen LogP contribution in [0.2, 0.25) is 0 Å². The van der Waals surface area contributed by atoms with E-state index in [0.29, 0.717) is 12.5 Å². The van der Waals surface area contributed by atoms with Gasteiger partial charge in [0.15, 0.2) is 0 Å². The first kappa shape index (κ1) is 13.5. The van der Waals surface area contributed by atoms with Crippen LogP contribution in [-0.4, -0.2) is 30.7 Å². The van der Waals surface area contributed by atoms with Gasteiger partial charge in [0.1, 0.15) is 0 Å². The van der Waals surface area contributed by atoms with Crippen LogP contribution in [0.5, 0.6) is 0 Å². The highest BCUT2D eigenvalue weighted by Gasteiger charge is 2.30. The highest BCUT2D eigenvalue weighted by Crippen LogP contribution is 2.28. The summed E-state index contributed by atoms with van der Waals surface area (Å²) in [7, 11) is 0. The molecule has 0 aromatic rings. The highest BCUT2D eigenvalue weighted by molar-refractivity contribution is 5.73. The Hall–Kier alpha value is -0.610. The molecule has 0 saturated carbocycles. The molecule has 1 fully saturated rings. The summed E-state index contributed by atoms with van der Waals surface area (Å²) in [4.78, 5) is 10.5. The maximum absolute atomic E-state index is 10.5. The lowest BCUT2D eigenvalue weighted by Crippen LogP contribution is -2.30. The first-order chi connectivity index (χ1) is 7.49. The summed E-state index contributed by atoms with van der Waals surface area (Å²) in [5, 5.41) is 3.36. The minimum absolute atomic E-state index is 0.0539. The predicted octanol–water partition coefficient (Wildman–Crippen LogP) is 1.19. The van der Waals surface area contributed by atoms with E-state index in [1.54, 1.807) is 0 Å². The molecule has 1 rings (SSSR count). The molecule has 0 aromatic carbocycles. The van der Waals surface area contributed by atoms with Gasteiger partial charge in [-0.2, -0.15) is 0 Å². The topological polar surface area (TPSA) is 64.3 Å². The molecule has 94 valence electrons. The maximum atomic E-state index is 10.5. The molecule has 0 aliphatic carbocycles. The molecule has 0 spiro atoms. The molecule has 0 bridgehead atoms. The third-order valence-electron chi connectivity index (χ3n) is 2.95. The number of nitrogens with one attached hydrogen (secondary N) is 1. The van der Waals surface area contributed by atoms with Crippen molar-refractivity contribution in [1.82, 2.24) is 5.32 Å². The molecule has 16 heavy (non-hydrogen) atoms. The van der Waals surface area contributed by atoms with Crippen molar-refractivity contribution in [1.29, 1.82) is 0 Å². The van der Waals surface area contributed by atoms with E-state index in [0.717, 1.165) is 38.8 Å². The molecule has 1 aliphatic rings. The Morgan fingerprint density at radius 2 is 2.25 bits per heavy atom. The number of unbranched alkanes of at least 4 members (excludes halogenated alkanes) is 1. The number of nitrogens with two attached hydrogens (primary N) is 1. The first-order valence-electron chi connectivity index (χ1n) is 6.16. The number of amides is 1. The third kappa shape index (κ3) is 5.47. The van der Waals surface area contributed by atoms with Crippen molar-refractivity contribution in [3.63, 3.8) is 0 Å². The van der Waals surface area contributed by atoms with E-state index in [-0.39, 0.29) is 11.5 Å². The Morgan fingerprint density at radius 3 is 2.81 bits per heavy atom. The molecule has 1 unspecified atom stereocenters. The van der Waals surface area contributed by atoms with E-state index in [1.165, 1.54) is 0 Å². The Morgan fingerprint density at radius 1 is 1.50 bits per heavy atom. The van der Waals surface area contributed by atoms with E-state index in [9.17, 15) is 4.79 Å². The van der Waals surface area contributed by atoms with E-state index in [4.69, 9.17) is 10.5 Å². The van der Waals surface area contributed by atoms with Crippen molar-refractivity contribution in [3.8, 4) is 0 Å².